The molecule has 1 aliphatic carbocycles. The van der Waals surface area contributed by atoms with Crippen LogP contribution >= 0.6 is 11.6 Å². The van der Waals surface area contributed by atoms with E-state index in [-0.39, 0.29) is 17.7 Å². The molecule has 0 saturated carbocycles. The third-order valence-electron chi connectivity index (χ3n) is 4.00. The lowest BCUT2D eigenvalue weighted by Gasteiger charge is -2.11. The Bertz CT molecular complexity index is 690. The van der Waals surface area contributed by atoms with Crippen LogP contribution in [0.15, 0.2) is 24.3 Å². The van der Waals surface area contributed by atoms with Crippen molar-refractivity contribution < 1.29 is 13.9 Å². The number of H-pyrrole nitrogens is 1. The number of aromatic amines is 1. The zero-order valence-electron chi connectivity index (χ0n) is 12.3. The maximum Gasteiger partial charge on any atom is 0.354 e. The number of halogens is 2. The first-order valence-electron chi connectivity index (χ1n) is 7.40. The Balaban J connectivity index is 1.80. The Labute approximate surface area is 133 Å². The molecule has 1 atom stereocenters. The van der Waals surface area contributed by atoms with Crippen LogP contribution in [-0.4, -0.2) is 17.6 Å². The number of ether oxygens (including phenoxy) is 1. The van der Waals surface area contributed by atoms with Gasteiger partial charge in [0.05, 0.1) is 6.61 Å². The van der Waals surface area contributed by atoms with Gasteiger partial charge in [0.1, 0.15) is 11.5 Å². The minimum absolute atomic E-state index is 0.246. The van der Waals surface area contributed by atoms with Crippen molar-refractivity contribution in [3.63, 3.8) is 0 Å². The number of carbonyl (C=O) groups is 1. The van der Waals surface area contributed by atoms with Gasteiger partial charge in [-0.1, -0.05) is 11.6 Å². The van der Waals surface area contributed by atoms with E-state index in [1.54, 1.807) is 13.0 Å². The summed E-state index contributed by atoms with van der Waals surface area (Å²) in [6, 6.07) is 6.47. The molecule has 1 unspecified atom stereocenters. The molecule has 3 rings (SSSR count). The smallest absolute Gasteiger partial charge is 0.354 e. The van der Waals surface area contributed by atoms with E-state index in [1.807, 2.05) is 6.07 Å². The lowest BCUT2D eigenvalue weighted by Crippen LogP contribution is -2.06. The number of aryl methyl sites for hydroxylation is 1. The molecule has 0 amide bonds. The predicted molar refractivity (Wildman–Crippen MR) is 82.9 cm³/mol. The van der Waals surface area contributed by atoms with E-state index in [9.17, 15) is 9.18 Å². The number of esters is 1. The molecule has 2 aromatic rings. The normalized spacial score (nSPS) is 16.6. The van der Waals surface area contributed by atoms with E-state index in [4.69, 9.17) is 16.3 Å². The third kappa shape index (κ3) is 3.02. The molecule has 0 spiro atoms. The summed E-state index contributed by atoms with van der Waals surface area (Å²) < 4.78 is 18.5. The van der Waals surface area contributed by atoms with Gasteiger partial charge >= 0.3 is 5.97 Å². The van der Waals surface area contributed by atoms with Gasteiger partial charge < -0.3 is 9.72 Å². The van der Waals surface area contributed by atoms with E-state index in [0.29, 0.717) is 23.7 Å². The lowest BCUT2D eigenvalue weighted by molar-refractivity contribution is 0.0520. The van der Waals surface area contributed by atoms with Crippen LogP contribution in [0, 0.1) is 5.82 Å². The van der Waals surface area contributed by atoms with Crippen LogP contribution in [0.25, 0.3) is 0 Å². The number of hydrogen-bond acceptors (Lipinski definition) is 2. The van der Waals surface area contributed by atoms with E-state index < -0.39 is 0 Å². The van der Waals surface area contributed by atoms with Crippen LogP contribution < -0.4 is 0 Å². The Morgan fingerprint density at radius 1 is 1.41 bits per heavy atom. The first kappa shape index (κ1) is 15.1. The molecule has 1 aliphatic rings. The van der Waals surface area contributed by atoms with Crippen molar-refractivity contribution >= 4 is 17.6 Å². The Hall–Kier alpha value is -1.81. The first-order valence-corrected chi connectivity index (χ1v) is 7.78. The van der Waals surface area contributed by atoms with Gasteiger partial charge in [0.15, 0.2) is 0 Å². The summed E-state index contributed by atoms with van der Waals surface area (Å²) in [4.78, 5) is 15.0. The maximum absolute atomic E-state index is 13.4. The van der Waals surface area contributed by atoms with E-state index in [0.717, 1.165) is 29.7 Å². The van der Waals surface area contributed by atoms with E-state index in [2.05, 4.69) is 4.98 Å². The van der Waals surface area contributed by atoms with Crippen molar-refractivity contribution in [2.45, 2.75) is 32.1 Å². The number of aromatic nitrogens is 1. The summed E-state index contributed by atoms with van der Waals surface area (Å²) in [5.41, 5.74) is 3.57. The highest BCUT2D eigenvalue weighted by molar-refractivity contribution is 6.30. The highest BCUT2D eigenvalue weighted by atomic mass is 35.5. The second kappa shape index (κ2) is 6.13. The molecule has 0 aliphatic heterocycles. The molecule has 0 saturated heterocycles. The molecule has 3 nitrogen and oxygen atoms in total. The molecular weight excluding hydrogens is 305 g/mol. The van der Waals surface area contributed by atoms with Crippen LogP contribution in [0.5, 0.6) is 0 Å². The van der Waals surface area contributed by atoms with Crippen molar-refractivity contribution in [3.05, 3.63) is 57.6 Å². The lowest BCUT2D eigenvalue weighted by atomic mass is 9.97. The number of rotatable bonds is 4. The van der Waals surface area contributed by atoms with Gasteiger partial charge in [-0.25, -0.2) is 9.18 Å². The SMILES string of the molecule is CCOC(=O)c1cc2c([nH]1)C(Cc1cc(F)cc(Cl)c1)CC2. The molecule has 1 aromatic heterocycles. The van der Waals surface area contributed by atoms with Crippen molar-refractivity contribution in [3.8, 4) is 0 Å². The highest BCUT2D eigenvalue weighted by Crippen LogP contribution is 2.36. The van der Waals surface area contributed by atoms with Crippen molar-refractivity contribution in [1.82, 2.24) is 4.98 Å². The quantitative estimate of drug-likeness (QED) is 0.855. The molecule has 1 heterocycles. The van der Waals surface area contributed by atoms with Gasteiger partial charge in [-0.3, -0.25) is 0 Å². The van der Waals surface area contributed by atoms with Crippen molar-refractivity contribution in [2.24, 2.45) is 0 Å². The molecular formula is C17H17ClFNO2. The van der Waals surface area contributed by atoms with Gasteiger partial charge in [0.25, 0.3) is 0 Å². The minimum atomic E-state index is -0.329. The van der Waals surface area contributed by atoms with Gasteiger partial charge in [0.2, 0.25) is 0 Å². The molecule has 0 fully saturated rings. The third-order valence-corrected chi connectivity index (χ3v) is 4.22. The summed E-state index contributed by atoms with van der Waals surface area (Å²) in [6.45, 7) is 2.14. The summed E-state index contributed by atoms with van der Waals surface area (Å²) in [5, 5.41) is 0.409. The fraction of sp³-hybridized carbons (Fsp3) is 0.353. The van der Waals surface area contributed by atoms with Crippen LogP contribution in [0.4, 0.5) is 4.39 Å². The zero-order valence-corrected chi connectivity index (χ0v) is 13.0. The van der Waals surface area contributed by atoms with E-state index >= 15 is 0 Å². The number of fused-ring (bicyclic) bond motifs is 1. The summed E-state index contributed by atoms with van der Waals surface area (Å²) >= 11 is 5.91. The van der Waals surface area contributed by atoms with E-state index in [1.165, 1.54) is 12.1 Å². The first-order chi connectivity index (χ1) is 10.6. The number of carbonyl (C=O) groups excluding carboxylic acids is 1. The molecule has 1 aromatic carbocycles. The molecule has 0 bridgehead atoms. The van der Waals surface area contributed by atoms with Crippen molar-refractivity contribution in [2.75, 3.05) is 6.61 Å². The Morgan fingerprint density at radius 2 is 2.23 bits per heavy atom. The summed E-state index contributed by atoms with van der Waals surface area (Å²) in [5.74, 6) is -0.403. The van der Waals surface area contributed by atoms with Gasteiger partial charge in [-0.2, -0.15) is 0 Å². The minimum Gasteiger partial charge on any atom is -0.461 e. The Morgan fingerprint density at radius 3 is 2.95 bits per heavy atom. The van der Waals surface area contributed by atoms with Crippen LogP contribution in [-0.2, 0) is 17.6 Å². The molecule has 1 N–H and O–H groups in total. The Kier molecular flexibility index (Phi) is 4.21. The zero-order chi connectivity index (χ0) is 15.7. The fourth-order valence-corrected chi connectivity index (χ4v) is 3.34. The van der Waals surface area contributed by atoms with Crippen LogP contribution in [0.2, 0.25) is 5.02 Å². The molecule has 22 heavy (non-hydrogen) atoms. The van der Waals surface area contributed by atoms with Gasteiger partial charge in [0, 0.05) is 16.6 Å². The molecule has 116 valence electrons. The maximum atomic E-state index is 13.4. The number of benzene rings is 1. The average Bonchev–Trinajstić information content (AvgIpc) is 3.00. The van der Waals surface area contributed by atoms with Crippen LogP contribution in [0.3, 0.4) is 0 Å². The predicted octanol–water partition coefficient (Wildman–Crippen LogP) is 4.26. The molecule has 5 heteroatoms. The second-order valence-electron chi connectivity index (χ2n) is 5.56. The number of nitrogens with one attached hydrogen (secondary N) is 1. The molecule has 0 radical (unpaired) electrons. The average molecular weight is 322 g/mol. The second-order valence-corrected chi connectivity index (χ2v) is 6.00. The highest BCUT2D eigenvalue weighted by Gasteiger charge is 2.27. The monoisotopic (exact) mass is 321 g/mol. The standard InChI is InChI=1S/C17H17ClFNO2/c1-2-22-17(21)15-8-12-4-3-11(16(12)20-15)5-10-6-13(18)9-14(19)7-10/h6-9,11,20H,2-5H2,1H3. The largest absolute Gasteiger partial charge is 0.461 e. The summed E-state index contributed by atoms with van der Waals surface area (Å²) in [6.07, 6.45) is 2.60. The van der Waals surface area contributed by atoms with Crippen molar-refractivity contribution in [1.29, 1.82) is 0 Å². The van der Waals surface area contributed by atoms with Crippen LogP contribution in [0.1, 0.15) is 46.6 Å². The number of hydrogen-bond donors (Lipinski definition) is 1. The topological polar surface area (TPSA) is 42.1 Å². The fourth-order valence-electron chi connectivity index (χ4n) is 3.09. The van der Waals surface area contributed by atoms with Gasteiger partial charge in [-0.15, -0.1) is 0 Å². The van der Waals surface area contributed by atoms with Gasteiger partial charge in [-0.05, 0) is 61.6 Å². The summed E-state index contributed by atoms with van der Waals surface area (Å²) in [7, 11) is 0.